The quantitative estimate of drug-likeness (QED) is 0.624. The fourth-order valence-corrected chi connectivity index (χ4v) is 2.79. The molecule has 0 aliphatic rings. The fourth-order valence-electron chi connectivity index (χ4n) is 2.09. The number of amides is 2. The predicted molar refractivity (Wildman–Crippen MR) is 101 cm³/mol. The maximum Gasteiger partial charge on any atom is 0.326 e. The number of aliphatic carboxylic acids is 1. The zero-order valence-corrected chi connectivity index (χ0v) is 15.9. The van der Waals surface area contributed by atoms with Gasteiger partial charge in [0.15, 0.2) is 0 Å². The average Bonchev–Trinajstić information content (AvgIpc) is 2.53. The lowest BCUT2D eigenvalue weighted by molar-refractivity contribution is -0.142. The van der Waals surface area contributed by atoms with E-state index in [4.69, 9.17) is 5.11 Å². The Kier molecular flexibility index (Phi) is 8.48. The number of thioether (sulfide) groups is 1. The summed E-state index contributed by atoms with van der Waals surface area (Å²) < 4.78 is 0. The van der Waals surface area contributed by atoms with E-state index in [1.165, 1.54) is 11.8 Å². The molecular formula is C18H26N2O4S. The third kappa shape index (κ3) is 8.07. The zero-order chi connectivity index (χ0) is 19.0. The number of benzene rings is 1. The summed E-state index contributed by atoms with van der Waals surface area (Å²) in [7, 11) is 0. The number of carboxylic acid groups (broad SMARTS) is 1. The Morgan fingerprint density at radius 1 is 1.12 bits per heavy atom. The van der Waals surface area contributed by atoms with Gasteiger partial charge in [0.1, 0.15) is 6.04 Å². The molecule has 0 saturated carbocycles. The molecule has 1 unspecified atom stereocenters. The van der Waals surface area contributed by atoms with Crippen molar-refractivity contribution in [3.05, 3.63) is 29.8 Å². The number of carboxylic acids is 1. The third-order valence-corrected chi connectivity index (χ3v) is 4.63. The summed E-state index contributed by atoms with van der Waals surface area (Å²) in [5.41, 5.74) is 1.81. The van der Waals surface area contributed by atoms with Gasteiger partial charge in [0, 0.05) is 5.69 Å². The third-order valence-electron chi connectivity index (χ3n) is 3.49. The minimum atomic E-state index is -1.05. The molecule has 0 saturated heterocycles. The van der Waals surface area contributed by atoms with Gasteiger partial charge in [-0.1, -0.05) is 31.5 Å². The Labute approximate surface area is 152 Å². The van der Waals surface area contributed by atoms with Crippen LogP contribution in [0.25, 0.3) is 0 Å². The number of carbonyl (C=O) groups excluding carboxylic acids is 2. The van der Waals surface area contributed by atoms with Crippen LogP contribution in [0.15, 0.2) is 24.3 Å². The minimum absolute atomic E-state index is 0.115. The molecule has 2 atom stereocenters. The van der Waals surface area contributed by atoms with Crippen LogP contribution < -0.4 is 10.6 Å². The van der Waals surface area contributed by atoms with Gasteiger partial charge >= 0.3 is 5.97 Å². The molecule has 3 N–H and O–H groups in total. The maximum atomic E-state index is 12.1. The lowest BCUT2D eigenvalue weighted by Crippen LogP contribution is -2.44. The molecule has 0 bridgehead atoms. The second kappa shape index (κ2) is 10.1. The predicted octanol–water partition coefficient (Wildman–Crippen LogP) is 2.67. The van der Waals surface area contributed by atoms with E-state index in [0.29, 0.717) is 12.1 Å². The van der Waals surface area contributed by atoms with Crippen molar-refractivity contribution in [1.29, 1.82) is 0 Å². The zero-order valence-electron chi connectivity index (χ0n) is 15.0. The van der Waals surface area contributed by atoms with Gasteiger partial charge in [-0.2, -0.15) is 0 Å². The van der Waals surface area contributed by atoms with Crippen LogP contribution in [0.2, 0.25) is 0 Å². The number of hydrogen-bond acceptors (Lipinski definition) is 4. The van der Waals surface area contributed by atoms with Gasteiger partial charge in [0.05, 0.1) is 11.0 Å². The van der Waals surface area contributed by atoms with Crippen molar-refractivity contribution in [2.45, 2.75) is 45.4 Å². The van der Waals surface area contributed by atoms with Gasteiger partial charge in [-0.3, -0.25) is 9.59 Å². The summed E-state index contributed by atoms with van der Waals surface area (Å²) in [6, 6.07) is 6.53. The minimum Gasteiger partial charge on any atom is -0.480 e. The van der Waals surface area contributed by atoms with Gasteiger partial charge in [-0.05, 0) is 38.3 Å². The van der Waals surface area contributed by atoms with Crippen molar-refractivity contribution < 1.29 is 19.5 Å². The average molecular weight is 366 g/mol. The highest BCUT2D eigenvalue weighted by Crippen LogP contribution is 2.14. The first-order chi connectivity index (χ1) is 11.7. The molecule has 0 aromatic heterocycles. The highest BCUT2D eigenvalue weighted by molar-refractivity contribution is 8.01. The molecule has 7 heteroatoms. The van der Waals surface area contributed by atoms with Gasteiger partial charge < -0.3 is 15.7 Å². The van der Waals surface area contributed by atoms with E-state index in [9.17, 15) is 14.4 Å². The van der Waals surface area contributed by atoms with Crippen LogP contribution >= 0.6 is 11.8 Å². The van der Waals surface area contributed by atoms with Crippen LogP contribution in [0.4, 0.5) is 5.69 Å². The Morgan fingerprint density at radius 3 is 2.24 bits per heavy atom. The van der Waals surface area contributed by atoms with Gasteiger partial charge in [0.2, 0.25) is 11.8 Å². The molecule has 0 fully saturated rings. The van der Waals surface area contributed by atoms with E-state index in [0.717, 1.165) is 5.56 Å². The molecule has 1 rings (SSSR count). The van der Waals surface area contributed by atoms with Gasteiger partial charge in [0.25, 0.3) is 0 Å². The summed E-state index contributed by atoms with van der Waals surface area (Å²) in [6.07, 6.45) is 0.367. The highest BCUT2D eigenvalue weighted by Gasteiger charge is 2.24. The van der Waals surface area contributed by atoms with E-state index >= 15 is 0 Å². The lowest BCUT2D eigenvalue weighted by atomic mass is 10.0. The monoisotopic (exact) mass is 366 g/mol. The number of aryl methyl sites for hydroxylation is 1. The van der Waals surface area contributed by atoms with Crippen molar-refractivity contribution in [1.82, 2.24) is 5.32 Å². The van der Waals surface area contributed by atoms with E-state index < -0.39 is 17.3 Å². The van der Waals surface area contributed by atoms with Gasteiger partial charge in [-0.15, -0.1) is 11.8 Å². The molecule has 0 spiro atoms. The van der Waals surface area contributed by atoms with Crippen molar-refractivity contribution in [2.24, 2.45) is 5.92 Å². The van der Waals surface area contributed by atoms with Gasteiger partial charge in [-0.25, -0.2) is 4.79 Å². The molecule has 0 heterocycles. The van der Waals surface area contributed by atoms with E-state index in [-0.39, 0.29) is 23.5 Å². The molecule has 25 heavy (non-hydrogen) atoms. The van der Waals surface area contributed by atoms with Crippen molar-refractivity contribution in [2.75, 3.05) is 11.1 Å². The second-order valence-corrected chi connectivity index (χ2v) is 7.73. The van der Waals surface area contributed by atoms with Crippen LogP contribution in [-0.4, -0.2) is 39.9 Å². The summed E-state index contributed by atoms with van der Waals surface area (Å²) >= 11 is 1.17. The molecular weight excluding hydrogens is 340 g/mol. The summed E-state index contributed by atoms with van der Waals surface area (Å²) in [4.78, 5) is 35.3. The van der Waals surface area contributed by atoms with E-state index in [2.05, 4.69) is 10.6 Å². The number of hydrogen-bond donors (Lipinski definition) is 3. The number of carbonyl (C=O) groups is 3. The van der Waals surface area contributed by atoms with Crippen LogP contribution in [0.1, 0.15) is 32.8 Å². The van der Waals surface area contributed by atoms with E-state index in [1.54, 1.807) is 6.92 Å². The fraction of sp³-hybridized carbons (Fsp3) is 0.500. The summed E-state index contributed by atoms with van der Waals surface area (Å²) in [5.74, 6) is -1.35. The molecule has 2 amide bonds. The largest absolute Gasteiger partial charge is 0.480 e. The molecule has 0 radical (unpaired) electrons. The second-order valence-electron chi connectivity index (χ2n) is 6.40. The first-order valence-corrected chi connectivity index (χ1v) is 9.25. The Morgan fingerprint density at radius 2 is 1.72 bits per heavy atom. The number of rotatable bonds is 9. The standard InChI is InChI=1S/C18H26N2O4S/c1-11(2)9-15(18(23)24)20-17(22)13(4)25-10-16(21)19-14-7-5-12(3)6-8-14/h5-8,11,13,15H,9-10H2,1-4H3,(H,19,21)(H,20,22)(H,23,24)/t13?,15-/m1/s1. The normalized spacial score (nSPS) is 13.2. The molecule has 138 valence electrons. The highest BCUT2D eigenvalue weighted by atomic mass is 32.2. The lowest BCUT2D eigenvalue weighted by Gasteiger charge is -2.19. The molecule has 1 aromatic rings. The smallest absolute Gasteiger partial charge is 0.326 e. The SMILES string of the molecule is Cc1ccc(NC(=O)CSC(C)C(=O)N[C@H](CC(C)C)C(=O)O)cc1. The van der Waals surface area contributed by atoms with Crippen LogP contribution in [-0.2, 0) is 14.4 Å². The van der Waals surface area contributed by atoms with Crippen molar-refractivity contribution in [3.8, 4) is 0 Å². The molecule has 6 nitrogen and oxygen atoms in total. The first-order valence-electron chi connectivity index (χ1n) is 8.20. The maximum absolute atomic E-state index is 12.1. The molecule has 0 aliphatic carbocycles. The number of nitrogens with one attached hydrogen (secondary N) is 2. The van der Waals surface area contributed by atoms with E-state index in [1.807, 2.05) is 45.0 Å². The Hall–Kier alpha value is -2.02. The summed E-state index contributed by atoms with van der Waals surface area (Å²) in [5, 5.41) is 14.0. The topological polar surface area (TPSA) is 95.5 Å². The van der Waals surface area contributed by atoms with Crippen molar-refractivity contribution in [3.63, 3.8) is 0 Å². The Bertz CT molecular complexity index is 602. The Balaban J connectivity index is 2.44. The molecule has 0 aliphatic heterocycles. The first kappa shape index (κ1) is 21.0. The number of anilines is 1. The van der Waals surface area contributed by atoms with Crippen LogP contribution in [0.5, 0.6) is 0 Å². The van der Waals surface area contributed by atoms with Crippen LogP contribution in [0, 0.1) is 12.8 Å². The summed E-state index contributed by atoms with van der Waals surface area (Å²) in [6.45, 7) is 7.42. The van der Waals surface area contributed by atoms with Crippen molar-refractivity contribution >= 4 is 35.2 Å². The van der Waals surface area contributed by atoms with Crippen LogP contribution in [0.3, 0.4) is 0 Å². The molecule has 1 aromatic carbocycles.